The monoisotopic (exact) mass is 474 g/mol. The van der Waals surface area contributed by atoms with E-state index in [2.05, 4.69) is 10.3 Å². The standard InChI is InChI=1S/C26H26N4O3S/c1-2-30(24-6-4-3-5-7-24)34(32,33)25-14-12-23(13-15-25)26(31)28-18-21-8-10-22(11-9-21)19-29-17-16-27-20-29/h3-17,20H,2,18-19H2,1H3,(H,28,31). The van der Waals surface area contributed by atoms with Crippen LogP contribution in [0.4, 0.5) is 5.69 Å². The van der Waals surface area contributed by atoms with Crippen LogP contribution in [0.2, 0.25) is 0 Å². The lowest BCUT2D eigenvalue weighted by Crippen LogP contribution is -2.30. The summed E-state index contributed by atoms with van der Waals surface area (Å²) in [6, 6.07) is 23.0. The van der Waals surface area contributed by atoms with E-state index >= 15 is 0 Å². The van der Waals surface area contributed by atoms with Gasteiger partial charge in [0.25, 0.3) is 15.9 Å². The third-order valence-electron chi connectivity index (χ3n) is 5.44. The topological polar surface area (TPSA) is 84.3 Å². The summed E-state index contributed by atoms with van der Waals surface area (Å²) in [6.07, 6.45) is 5.42. The van der Waals surface area contributed by atoms with Crippen molar-refractivity contribution in [3.63, 3.8) is 0 Å². The summed E-state index contributed by atoms with van der Waals surface area (Å²) in [4.78, 5) is 16.8. The van der Waals surface area contributed by atoms with Crippen molar-refractivity contribution in [1.29, 1.82) is 0 Å². The molecule has 34 heavy (non-hydrogen) atoms. The molecule has 0 saturated carbocycles. The van der Waals surface area contributed by atoms with Crippen LogP contribution in [-0.4, -0.2) is 30.4 Å². The van der Waals surface area contributed by atoms with Gasteiger partial charge in [-0.25, -0.2) is 13.4 Å². The smallest absolute Gasteiger partial charge is 0.264 e. The van der Waals surface area contributed by atoms with Crippen LogP contribution in [0.3, 0.4) is 0 Å². The predicted molar refractivity (Wildman–Crippen MR) is 132 cm³/mol. The number of carbonyl (C=O) groups excluding carboxylic acids is 1. The molecule has 1 heterocycles. The van der Waals surface area contributed by atoms with E-state index in [-0.39, 0.29) is 10.8 Å². The minimum atomic E-state index is -3.73. The molecule has 3 aromatic carbocycles. The molecule has 174 valence electrons. The fraction of sp³-hybridized carbons (Fsp3) is 0.154. The van der Waals surface area contributed by atoms with Gasteiger partial charge in [-0.05, 0) is 54.4 Å². The Balaban J connectivity index is 1.38. The van der Waals surface area contributed by atoms with Crippen LogP contribution in [0.15, 0.2) is 102 Å². The fourth-order valence-corrected chi connectivity index (χ4v) is 5.10. The fourth-order valence-electron chi connectivity index (χ4n) is 3.63. The van der Waals surface area contributed by atoms with Gasteiger partial charge in [0.15, 0.2) is 0 Å². The van der Waals surface area contributed by atoms with E-state index < -0.39 is 10.0 Å². The van der Waals surface area contributed by atoms with Crippen LogP contribution in [0.5, 0.6) is 0 Å². The zero-order valence-corrected chi connectivity index (χ0v) is 19.7. The number of hydrogen-bond acceptors (Lipinski definition) is 4. The van der Waals surface area contributed by atoms with Crippen LogP contribution in [0.25, 0.3) is 0 Å². The number of anilines is 1. The van der Waals surface area contributed by atoms with Gasteiger partial charge in [0.05, 0.1) is 16.9 Å². The molecule has 4 aromatic rings. The molecule has 0 unspecified atom stereocenters. The van der Waals surface area contributed by atoms with Crippen molar-refractivity contribution in [2.75, 3.05) is 10.8 Å². The molecule has 1 amide bonds. The summed E-state index contributed by atoms with van der Waals surface area (Å²) in [6.45, 7) is 3.20. The van der Waals surface area contributed by atoms with Gasteiger partial charge in [0, 0.05) is 37.6 Å². The Bertz CT molecular complexity index is 1320. The Morgan fingerprint density at radius 3 is 2.24 bits per heavy atom. The minimum absolute atomic E-state index is 0.142. The molecule has 0 bridgehead atoms. The first-order chi connectivity index (χ1) is 16.5. The molecule has 0 radical (unpaired) electrons. The largest absolute Gasteiger partial charge is 0.348 e. The molecule has 0 aliphatic heterocycles. The summed E-state index contributed by atoms with van der Waals surface area (Å²) in [5.74, 6) is -0.262. The number of aromatic nitrogens is 2. The van der Waals surface area contributed by atoms with Gasteiger partial charge in [0.1, 0.15) is 0 Å². The first-order valence-electron chi connectivity index (χ1n) is 11.0. The van der Waals surface area contributed by atoms with Crippen LogP contribution in [0.1, 0.15) is 28.4 Å². The summed E-state index contributed by atoms with van der Waals surface area (Å²) in [7, 11) is -3.73. The van der Waals surface area contributed by atoms with E-state index in [0.29, 0.717) is 24.3 Å². The average Bonchev–Trinajstić information content (AvgIpc) is 3.37. The molecule has 1 aromatic heterocycles. The van der Waals surface area contributed by atoms with Crippen LogP contribution in [0, 0.1) is 0 Å². The maximum atomic E-state index is 13.1. The molecular formula is C26H26N4O3S. The number of para-hydroxylation sites is 1. The van der Waals surface area contributed by atoms with Crippen molar-refractivity contribution in [1.82, 2.24) is 14.9 Å². The molecule has 0 saturated heterocycles. The molecule has 0 aliphatic rings. The Kier molecular flexibility index (Phi) is 7.08. The number of amides is 1. The number of nitrogens with zero attached hydrogens (tertiary/aromatic N) is 3. The SMILES string of the molecule is CCN(c1ccccc1)S(=O)(=O)c1ccc(C(=O)NCc2ccc(Cn3ccnc3)cc2)cc1. The zero-order chi connectivity index (χ0) is 24.0. The molecule has 8 heteroatoms. The summed E-state index contributed by atoms with van der Waals surface area (Å²) >= 11 is 0. The summed E-state index contributed by atoms with van der Waals surface area (Å²) in [5, 5.41) is 2.88. The number of imidazole rings is 1. The minimum Gasteiger partial charge on any atom is -0.348 e. The highest BCUT2D eigenvalue weighted by atomic mass is 32.2. The van der Waals surface area contributed by atoms with Crippen molar-refractivity contribution in [3.05, 3.63) is 114 Å². The Morgan fingerprint density at radius 2 is 1.62 bits per heavy atom. The molecule has 1 N–H and O–H groups in total. The van der Waals surface area contributed by atoms with Gasteiger partial charge in [0.2, 0.25) is 0 Å². The lowest BCUT2D eigenvalue weighted by molar-refractivity contribution is 0.0951. The Hall–Kier alpha value is -3.91. The normalized spacial score (nSPS) is 11.2. The highest BCUT2D eigenvalue weighted by Gasteiger charge is 2.23. The van der Waals surface area contributed by atoms with E-state index in [1.807, 2.05) is 41.1 Å². The second kappa shape index (κ2) is 10.4. The molecule has 7 nitrogen and oxygen atoms in total. The van der Waals surface area contributed by atoms with Crippen molar-refractivity contribution < 1.29 is 13.2 Å². The number of benzene rings is 3. The number of nitrogens with one attached hydrogen (secondary N) is 1. The van der Waals surface area contributed by atoms with E-state index in [9.17, 15) is 13.2 Å². The van der Waals surface area contributed by atoms with Crippen molar-refractivity contribution in [2.45, 2.75) is 24.9 Å². The summed E-state index contributed by atoms with van der Waals surface area (Å²) < 4.78 is 29.5. The Labute approximate surface area is 199 Å². The van der Waals surface area contributed by atoms with Gasteiger partial charge in [-0.1, -0.05) is 42.5 Å². The zero-order valence-electron chi connectivity index (χ0n) is 18.8. The van der Waals surface area contributed by atoms with Gasteiger partial charge in [-0.2, -0.15) is 0 Å². The van der Waals surface area contributed by atoms with Gasteiger partial charge >= 0.3 is 0 Å². The molecule has 0 atom stereocenters. The highest BCUT2D eigenvalue weighted by Crippen LogP contribution is 2.23. The van der Waals surface area contributed by atoms with E-state index in [1.165, 1.54) is 28.6 Å². The van der Waals surface area contributed by atoms with E-state index in [4.69, 9.17) is 0 Å². The second-order valence-electron chi connectivity index (χ2n) is 7.76. The van der Waals surface area contributed by atoms with E-state index in [1.54, 1.807) is 43.7 Å². The third-order valence-corrected chi connectivity index (χ3v) is 7.35. The molecule has 0 fully saturated rings. The van der Waals surface area contributed by atoms with Gasteiger partial charge in [-0.3, -0.25) is 9.10 Å². The highest BCUT2D eigenvalue weighted by molar-refractivity contribution is 7.92. The molecule has 4 rings (SSSR count). The maximum Gasteiger partial charge on any atom is 0.264 e. The molecule has 0 spiro atoms. The number of sulfonamides is 1. The first-order valence-corrected chi connectivity index (χ1v) is 12.4. The predicted octanol–water partition coefficient (Wildman–Crippen LogP) is 4.08. The van der Waals surface area contributed by atoms with Gasteiger partial charge < -0.3 is 9.88 Å². The second-order valence-corrected chi connectivity index (χ2v) is 9.63. The molecule has 0 aliphatic carbocycles. The molecular weight excluding hydrogens is 448 g/mol. The van der Waals surface area contributed by atoms with Crippen molar-refractivity contribution in [2.24, 2.45) is 0 Å². The van der Waals surface area contributed by atoms with Crippen LogP contribution >= 0.6 is 0 Å². The lowest BCUT2D eigenvalue weighted by atomic mass is 10.1. The summed E-state index contributed by atoms with van der Waals surface area (Å²) in [5.41, 5.74) is 3.12. The lowest BCUT2D eigenvalue weighted by Gasteiger charge is -2.23. The third kappa shape index (κ3) is 5.35. The van der Waals surface area contributed by atoms with E-state index in [0.717, 1.165) is 17.7 Å². The van der Waals surface area contributed by atoms with Crippen molar-refractivity contribution in [3.8, 4) is 0 Å². The van der Waals surface area contributed by atoms with Crippen LogP contribution in [-0.2, 0) is 23.1 Å². The maximum absolute atomic E-state index is 13.1. The number of carbonyl (C=O) groups is 1. The number of rotatable bonds is 9. The average molecular weight is 475 g/mol. The van der Waals surface area contributed by atoms with Crippen molar-refractivity contribution >= 4 is 21.6 Å². The quantitative estimate of drug-likeness (QED) is 0.396. The first kappa shape index (κ1) is 23.3. The van der Waals surface area contributed by atoms with Crippen LogP contribution < -0.4 is 9.62 Å². The Morgan fingerprint density at radius 1 is 0.941 bits per heavy atom. The number of hydrogen-bond donors (Lipinski definition) is 1. The van der Waals surface area contributed by atoms with Gasteiger partial charge in [-0.15, -0.1) is 0 Å².